The van der Waals surface area contributed by atoms with Crippen LogP contribution in [0.5, 0.6) is 0 Å². The molecule has 88 valence electrons. The monoisotopic (exact) mass is 300 g/mol. The number of nitrogens with two attached hydrogens (primary N) is 1. The van der Waals surface area contributed by atoms with Crippen LogP contribution in [0.1, 0.15) is 43.7 Å². The van der Waals surface area contributed by atoms with E-state index < -0.39 is 0 Å². The van der Waals surface area contributed by atoms with Gasteiger partial charge in [-0.3, -0.25) is 5.84 Å². The van der Waals surface area contributed by atoms with E-state index in [1.165, 1.54) is 43.2 Å². The standard InChI is InChI=1S/C12H17BrN2S/c13-11-7-10(8-16-11)12(15-14)9-5-3-1-2-4-6-9/h5,7-8,12,15H,1-4,6,14H2. The van der Waals surface area contributed by atoms with E-state index in [9.17, 15) is 0 Å². The summed E-state index contributed by atoms with van der Waals surface area (Å²) < 4.78 is 1.16. The number of hydrogen-bond acceptors (Lipinski definition) is 3. The molecular formula is C12H17BrN2S. The van der Waals surface area contributed by atoms with Crippen molar-refractivity contribution in [3.63, 3.8) is 0 Å². The topological polar surface area (TPSA) is 38.0 Å². The highest BCUT2D eigenvalue weighted by atomic mass is 79.9. The molecule has 2 rings (SSSR count). The third-order valence-corrected chi connectivity index (χ3v) is 4.56. The number of rotatable bonds is 3. The minimum Gasteiger partial charge on any atom is -0.271 e. The van der Waals surface area contributed by atoms with Gasteiger partial charge in [-0.1, -0.05) is 18.1 Å². The van der Waals surface area contributed by atoms with Gasteiger partial charge in [-0.2, -0.15) is 0 Å². The van der Waals surface area contributed by atoms with Crippen molar-refractivity contribution in [3.05, 3.63) is 32.4 Å². The van der Waals surface area contributed by atoms with Gasteiger partial charge >= 0.3 is 0 Å². The van der Waals surface area contributed by atoms with Crippen LogP contribution in [0, 0.1) is 0 Å². The molecule has 0 radical (unpaired) electrons. The molecule has 1 heterocycles. The first-order chi connectivity index (χ1) is 7.81. The van der Waals surface area contributed by atoms with Crippen LogP contribution in [0.2, 0.25) is 0 Å². The van der Waals surface area contributed by atoms with E-state index in [0.717, 1.165) is 3.79 Å². The molecule has 0 aromatic carbocycles. The molecule has 0 saturated carbocycles. The number of halogens is 1. The summed E-state index contributed by atoms with van der Waals surface area (Å²) in [5, 5.41) is 2.17. The maximum Gasteiger partial charge on any atom is 0.0701 e. The second kappa shape index (κ2) is 5.96. The van der Waals surface area contributed by atoms with Crippen LogP contribution in [-0.2, 0) is 0 Å². The second-order valence-corrected chi connectivity index (χ2v) is 6.45. The predicted octanol–water partition coefficient (Wildman–Crippen LogP) is 3.91. The van der Waals surface area contributed by atoms with Gasteiger partial charge in [0.05, 0.1) is 9.83 Å². The van der Waals surface area contributed by atoms with Crippen molar-refractivity contribution in [1.29, 1.82) is 0 Å². The third kappa shape index (κ3) is 2.94. The molecule has 1 unspecified atom stereocenters. The number of hydrazine groups is 1. The van der Waals surface area contributed by atoms with Crippen LogP contribution in [0.4, 0.5) is 0 Å². The molecule has 1 aliphatic carbocycles. The highest BCUT2D eigenvalue weighted by Gasteiger charge is 2.17. The normalized spacial score (nSPS) is 19.0. The number of thiophene rings is 1. The molecule has 4 heteroatoms. The van der Waals surface area contributed by atoms with Crippen molar-refractivity contribution in [2.45, 2.75) is 38.1 Å². The zero-order chi connectivity index (χ0) is 11.4. The summed E-state index contributed by atoms with van der Waals surface area (Å²) in [6.07, 6.45) is 8.66. The van der Waals surface area contributed by atoms with Gasteiger partial charge in [0, 0.05) is 0 Å². The van der Waals surface area contributed by atoms with E-state index >= 15 is 0 Å². The molecule has 0 fully saturated rings. The smallest absolute Gasteiger partial charge is 0.0701 e. The van der Waals surface area contributed by atoms with Crippen molar-refractivity contribution in [2.75, 3.05) is 0 Å². The van der Waals surface area contributed by atoms with Crippen LogP contribution in [-0.4, -0.2) is 0 Å². The highest BCUT2D eigenvalue weighted by molar-refractivity contribution is 9.11. The molecule has 0 aliphatic heterocycles. The molecule has 0 bridgehead atoms. The Morgan fingerprint density at radius 3 is 2.94 bits per heavy atom. The molecule has 0 amide bonds. The lowest BCUT2D eigenvalue weighted by Gasteiger charge is -2.18. The lowest BCUT2D eigenvalue weighted by Crippen LogP contribution is -2.29. The van der Waals surface area contributed by atoms with Gasteiger partial charge in [0.15, 0.2) is 0 Å². The van der Waals surface area contributed by atoms with Gasteiger partial charge in [-0.15, -0.1) is 11.3 Å². The fourth-order valence-corrected chi connectivity index (χ4v) is 3.40. The molecule has 1 atom stereocenters. The minimum atomic E-state index is 0.195. The van der Waals surface area contributed by atoms with Crippen LogP contribution in [0.25, 0.3) is 0 Å². The van der Waals surface area contributed by atoms with Crippen LogP contribution in [0.15, 0.2) is 26.9 Å². The van der Waals surface area contributed by atoms with Gasteiger partial charge < -0.3 is 0 Å². The summed E-state index contributed by atoms with van der Waals surface area (Å²) in [6.45, 7) is 0. The molecule has 1 aromatic rings. The quantitative estimate of drug-likeness (QED) is 0.505. The Bertz CT molecular complexity index is 373. The summed E-state index contributed by atoms with van der Waals surface area (Å²) in [5.41, 5.74) is 5.67. The first-order valence-electron chi connectivity index (χ1n) is 5.70. The van der Waals surface area contributed by atoms with Gasteiger partial charge in [0.1, 0.15) is 0 Å². The molecule has 1 aromatic heterocycles. The van der Waals surface area contributed by atoms with Crippen LogP contribution < -0.4 is 11.3 Å². The number of nitrogens with one attached hydrogen (secondary N) is 1. The van der Waals surface area contributed by atoms with Crippen LogP contribution >= 0.6 is 27.3 Å². The highest BCUT2D eigenvalue weighted by Crippen LogP contribution is 2.32. The fourth-order valence-electron chi connectivity index (χ4n) is 2.19. The summed E-state index contributed by atoms with van der Waals surface area (Å²) >= 11 is 5.21. The zero-order valence-electron chi connectivity index (χ0n) is 9.21. The molecule has 16 heavy (non-hydrogen) atoms. The average molecular weight is 301 g/mol. The van der Waals surface area contributed by atoms with E-state index in [2.05, 4.69) is 38.9 Å². The van der Waals surface area contributed by atoms with E-state index in [-0.39, 0.29) is 6.04 Å². The summed E-state index contributed by atoms with van der Waals surface area (Å²) in [7, 11) is 0. The predicted molar refractivity (Wildman–Crippen MR) is 73.3 cm³/mol. The van der Waals surface area contributed by atoms with Crippen LogP contribution in [0.3, 0.4) is 0 Å². The Labute approximate surface area is 109 Å². The van der Waals surface area contributed by atoms with Gasteiger partial charge in [-0.25, -0.2) is 5.43 Å². The first kappa shape index (κ1) is 12.3. The molecule has 0 spiro atoms. The average Bonchev–Trinajstić information content (AvgIpc) is 2.55. The number of hydrogen-bond donors (Lipinski definition) is 2. The number of allylic oxidation sites excluding steroid dienone is 1. The summed E-state index contributed by atoms with van der Waals surface area (Å²) in [4.78, 5) is 0. The van der Waals surface area contributed by atoms with Crippen molar-refractivity contribution in [2.24, 2.45) is 5.84 Å². The Morgan fingerprint density at radius 2 is 2.25 bits per heavy atom. The Morgan fingerprint density at radius 1 is 1.38 bits per heavy atom. The Balaban J connectivity index is 2.18. The maximum absolute atomic E-state index is 5.69. The maximum atomic E-state index is 5.69. The second-order valence-electron chi connectivity index (χ2n) is 4.16. The molecular weight excluding hydrogens is 284 g/mol. The molecule has 1 aliphatic rings. The summed E-state index contributed by atoms with van der Waals surface area (Å²) in [6, 6.07) is 2.35. The lowest BCUT2D eigenvalue weighted by atomic mass is 9.98. The van der Waals surface area contributed by atoms with Crippen molar-refractivity contribution in [1.82, 2.24) is 5.43 Å². The lowest BCUT2D eigenvalue weighted by molar-refractivity contribution is 0.594. The summed E-state index contributed by atoms with van der Waals surface area (Å²) in [5.74, 6) is 5.69. The van der Waals surface area contributed by atoms with E-state index in [4.69, 9.17) is 5.84 Å². The fraction of sp³-hybridized carbons (Fsp3) is 0.500. The van der Waals surface area contributed by atoms with E-state index in [0.29, 0.717) is 0 Å². The third-order valence-electron chi connectivity index (χ3n) is 3.03. The van der Waals surface area contributed by atoms with Crippen molar-refractivity contribution in [3.8, 4) is 0 Å². The van der Waals surface area contributed by atoms with E-state index in [1.807, 2.05) is 0 Å². The van der Waals surface area contributed by atoms with Gasteiger partial charge in [-0.05, 0) is 58.6 Å². The molecule has 2 nitrogen and oxygen atoms in total. The van der Waals surface area contributed by atoms with Crippen molar-refractivity contribution >= 4 is 27.3 Å². The Kier molecular flexibility index (Phi) is 4.58. The SMILES string of the molecule is NNC(C1=CCCCCC1)c1csc(Br)c1. The van der Waals surface area contributed by atoms with Gasteiger partial charge in [0.2, 0.25) is 0 Å². The van der Waals surface area contributed by atoms with Gasteiger partial charge in [0.25, 0.3) is 0 Å². The zero-order valence-corrected chi connectivity index (χ0v) is 11.6. The largest absolute Gasteiger partial charge is 0.271 e. The first-order valence-corrected chi connectivity index (χ1v) is 7.37. The Hall–Kier alpha value is -0.160. The minimum absolute atomic E-state index is 0.195. The molecule has 0 saturated heterocycles. The molecule has 3 N–H and O–H groups in total. The van der Waals surface area contributed by atoms with E-state index in [1.54, 1.807) is 11.3 Å². The van der Waals surface area contributed by atoms with Crippen molar-refractivity contribution < 1.29 is 0 Å².